The van der Waals surface area contributed by atoms with Crippen molar-refractivity contribution in [3.8, 4) is 5.75 Å². The van der Waals surface area contributed by atoms with Gasteiger partial charge in [-0.2, -0.15) is 0 Å². The molecule has 2 aromatic carbocycles. The lowest BCUT2D eigenvalue weighted by Crippen LogP contribution is -2.25. The van der Waals surface area contributed by atoms with E-state index in [-0.39, 0.29) is 31.3 Å². The van der Waals surface area contributed by atoms with Crippen LogP contribution in [-0.2, 0) is 9.53 Å². The van der Waals surface area contributed by atoms with Crippen LogP contribution in [0.4, 0.5) is 0 Å². The van der Waals surface area contributed by atoms with Crippen molar-refractivity contribution in [1.82, 2.24) is 4.68 Å². The van der Waals surface area contributed by atoms with Gasteiger partial charge in [-0.1, -0.05) is 36.4 Å². The van der Waals surface area contributed by atoms with Crippen LogP contribution in [0.1, 0.15) is 44.1 Å². The fourth-order valence-corrected chi connectivity index (χ4v) is 3.23. The van der Waals surface area contributed by atoms with Gasteiger partial charge in [-0.3, -0.25) is 24.5 Å². The van der Waals surface area contributed by atoms with E-state index in [0.29, 0.717) is 28.3 Å². The Hall–Kier alpha value is -3.87. The second-order valence-corrected chi connectivity index (χ2v) is 7.37. The zero-order valence-corrected chi connectivity index (χ0v) is 18.4. The smallest absolute Gasteiger partial charge is 0.309 e. The van der Waals surface area contributed by atoms with Gasteiger partial charge >= 0.3 is 5.97 Å². The highest BCUT2D eigenvalue weighted by atomic mass is 16.5. The molecule has 1 aromatic heterocycles. The van der Waals surface area contributed by atoms with Crippen molar-refractivity contribution in [3.05, 3.63) is 88.7 Å². The first-order chi connectivity index (χ1) is 15.4. The Morgan fingerprint density at radius 1 is 0.938 bits per heavy atom. The van der Waals surface area contributed by atoms with E-state index in [1.807, 2.05) is 37.3 Å². The number of aryl methyl sites for hydroxylation is 2. The van der Waals surface area contributed by atoms with E-state index in [9.17, 15) is 14.4 Å². The molecule has 32 heavy (non-hydrogen) atoms. The van der Waals surface area contributed by atoms with E-state index in [1.165, 1.54) is 0 Å². The van der Waals surface area contributed by atoms with Crippen LogP contribution in [-0.4, -0.2) is 35.5 Å². The number of nitrogens with zero attached hydrogens (tertiary/aromatic N) is 1. The van der Waals surface area contributed by atoms with E-state index in [0.717, 1.165) is 5.56 Å². The Bertz CT molecular complexity index is 1120. The second kappa shape index (κ2) is 10.4. The number of nitrogens with one attached hydrogen (secondary N) is 1. The molecule has 7 nitrogen and oxygen atoms in total. The zero-order valence-electron chi connectivity index (χ0n) is 18.4. The van der Waals surface area contributed by atoms with Crippen molar-refractivity contribution >= 4 is 17.7 Å². The number of ether oxygens (including phenoxy) is 2. The van der Waals surface area contributed by atoms with Gasteiger partial charge in [0.15, 0.2) is 6.61 Å². The van der Waals surface area contributed by atoms with Crippen molar-refractivity contribution in [2.75, 3.05) is 18.6 Å². The molecule has 0 fully saturated rings. The number of aromatic nitrogens is 1. The van der Waals surface area contributed by atoms with Crippen LogP contribution >= 0.6 is 0 Å². The van der Waals surface area contributed by atoms with Crippen LogP contribution in [0.25, 0.3) is 0 Å². The van der Waals surface area contributed by atoms with Crippen LogP contribution in [0.5, 0.6) is 5.75 Å². The summed E-state index contributed by atoms with van der Waals surface area (Å²) in [6.07, 6.45) is 0.0355. The fourth-order valence-electron chi connectivity index (χ4n) is 3.23. The summed E-state index contributed by atoms with van der Waals surface area (Å²) < 4.78 is 12.3. The Labute approximate surface area is 186 Å². The van der Waals surface area contributed by atoms with Crippen LogP contribution in [0, 0.1) is 20.8 Å². The van der Waals surface area contributed by atoms with Crippen molar-refractivity contribution in [3.63, 3.8) is 0 Å². The van der Waals surface area contributed by atoms with Gasteiger partial charge in [0.2, 0.25) is 5.78 Å². The topological polar surface area (TPSA) is 86.6 Å². The second-order valence-electron chi connectivity index (χ2n) is 7.37. The number of carbonyl (C=O) groups excluding carboxylic acids is 3. The normalized spacial score (nSPS) is 10.5. The maximum Gasteiger partial charge on any atom is 0.309 e. The lowest BCUT2D eigenvalue weighted by atomic mass is 10.1. The summed E-state index contributed by atoms with van der Waals surface area (Å²) >= 11 is 0. The summed E-state index contributed by atoms with van der Waals surface area (Å²) in [6, 6.07) is 18.0. The maximum absolute atomic E-state index is 12.6. The molecule has 0 bridgehead atoms. The van der Waals surface area contributed by atoms with Crippen molar-refractivity contribution in [2.45, 2.75) is 27.2 Å². The van der Waals surface area contributed by atoms with E-state index < -0.39 is 5.97 Å². The Kier molecular flexibility index (Phi) is 7.44. The van der Waals surface area contributed by atoms with Crippen LogP contribution < -0.4 is 10.2 Å². The summed E-state index contributed by atoms with van der Waals surface area (Å²) in [5, 5.41) is 0. The van der Waals surface area contributed by atoms with Crippen molar-refractivity contribution in [1.29, 1.82) is 0 Å². The Balaban J connectivity index is 1.53. The fraction of sp³-hybridized carbons (Fsp3) is 0.240. The first-order valence-electron chi connectivity index (χ1n) is 10.3. The molecule has 0 saturated heterocycles. The number of para-hydroxylation sites is 1. The first-order valence-corrected chi connectivity index (χ1v) is 10.3. The molecule has 0 aliphatic heterocycles. The van der Waals surface area contributed by atoms with Crippen LogP contribution in [0.15, 0.2) is 60.7 Å². The molecule has 1 N–H and O–H groups in total. The minimum Gasteiger partial charge on any atom is -0.493 e. The van der Waals surface area contributed by atoms with E-state index >= 15 is 0 Å². The largest absolute Gasteiger partial charge is 0.493 e. The van der Waals surface area contributed by atoms with Gasteiger partial charge in [0.1, 0.15) is 5.75 Å². The third-order valence-electron chi connectivity index (χ3n) is 5.00. The SMILES string of the molecule is Cc1ccccc1OCCC(=O)OCC(=O)c1cc(C)n(NC(=O)c2ccccc2)c1C. The molecule has 7 heteroatoms. The van der Waals surface area contributed by atoms with Crippen molar-refractivity contribution < 1.29 is 23.9 Å². The summed E-state index contributed by atoms with van der Waals surface area (Å²) in [7, 11) is 0. The first kappa shape index (κ1) is 22.8. The summed E-state index contributed by atoms with van der Waals surface area (Å²) in [6.45, 7) is 5.22. The quantitative estimate of drug-likeness (QED) is 0.406. The van der Waals surface area contributed by atoms with E-state index in [1.54, 1.807) is 48.9 Å². The number of carbonyl (C=O) groups is 3. The standard InChI is InChI=1S/C25H26N2O5/c1-17-9-7-8-12-23(17)31-14-13-24(29)32-16-22(28)21-15-18(2)27(19(21)3)26-25(30)20-10-5-4-6-11-20/h4-12,15H,13-14,16H2,1-3H3,(H,26,30). The average molecular weight is 434 g/mol. The predicted molar refractivity (Wildman–Crippen MR) is 121 cm³/mol. The third kappa shape index (κ3) is 5.63. The molecule has 0 radical (unpaired) electrons. The molecule has 0 saturated carbocycles. The molecule has 0 spiro atoms. The third-order valence-corrected chi connectivity index (χ3v) is 5.00. The minimum atomic E-state index is -0.516. The number of ketones is 1. The molecular weight excluding hydrogens is 408 g/mol. The molecule has 1 amide bonds. The summed E-state index contributed by atoms with van der Waals surface area (Å²) in [5.41, 5.74) is 5.91. The highest BCUT2D eigenvalue weighted by Gasteiger charge is 2.19. The van der Waals surface area contributed by atoms with Gasteiger partial charge in [-0.15, -0.1) is 0 Å². The number of amides is 1. The van der Waals surface area contributed by atoms with Crippen LogP contribution in [0.2, 0.25) is 0 Å². The van der Waals surface area contributed by atoms with Gasteiger partial charge in [0, 0.05) is 22.5 Å². The number of hydrogen-bond donors (Lipinski definition) is 1. The van der Waals surface area contributed by atoms with Gasteiger partial charge in [-0.05, 0) is 50.6 Å². The van der Waals surface area contributed by atoms with Crippen LogP contribution in [0.3, 0.4) is 0 Å². The molecule has 0 unspecified atom stereocenters. The molecule has 3 aromatic rings. The highest BCUT2D eigenvalue weighted by molar-refractivity contribution is 6.01. The van der Waals surface area contributed by atoms with Gasteiger partial charge < -0.3 is 9.47 Å². The molecular formula is C25H26N2O5. The molecule has 166 valence electrons. The number of esters is 1. The zero-order chi connectivity index (χ0) is 23.1. The highest BCUT2D eigenvalue weighted by Crippen LogP contribution is 2.17. The Morgan fingerprint density at radius 2 is 1.62 bits per heavy atom. The number of benzene rings is 2. The average Bonchev–Trinajstić information content (AvgIpc) is 3.07. The Morgan fingerprint density at radius 3 is 2.34 bits per heavy atom. The van der Waals surface area contributed by atoms with Gasteiger partial charge in [0.05, 0.1) is 13.0 Å². The molecule has 0 aliphatic carbocycles. The molecule has 0 atom stereocenters. The van der Waals surface area contributed by atoms with Gasteiger partial charge in [-0.25, -0.2) is 0 Å². The lowest BCUT2D eigenvalue weighted by Gasteiger charge is -2.12. The summed E-state index contributed by atoms with van der Waals surface area (Å²) in [4.78, 5) is 37.0. The molecule has 3 rings (SSSR count). The van der Waals surface area contributed by atoms with E-state index in [4.69, 9.17) is 9.47 Å². The number of hydrogen-bond acceptors (Lipinski definition) is 5. The monoisotopic (exact) mass is 434 g/mol. The summed E-state index contributed by atoms with van der Waals surface area (Å²) in [5.74, 6) is -0.433. The number of Topliss-reactive ketones (excluding diaryl/α,β-unsaturated/α-hetero) is 1. The lowest BCUT2D eigenvalue weighted by molar-refractivity contribution is -0.143. The van der Waals surface area contributed by atoms with Gasteiger partial charge in [0.25, 0.3) is 5.91 Å². The van der Waals surface area contributed by atoms with Crippen molar-refractivity contribution in [2.24, 2.45) is 0 Å². The maximum atomic E-state index is 12.6. The number of rotatable bonds is 9. The predicted octanol–water partition coefficient (Wildman–Crippen LogP) is 3.99. The molecule has 1 heterocycles. The molecule has 0 aliphatic rings. The van der Waals surface area contributed by atoms with E-state index in [2.05, 4.69) is 5.43 Å². The minimum absolute atomic E-state index is 0.0355.